The quantitative estimate of drug-likeness (QED) is 0.443. The molecule has 0 aromatic heterocycles. The van der Waals surface area contributed by atoms with Crippen molar-refractivity contribution in [2.75, 3.05) is 26.8 Å². The predicted molar refractivity (Wildman–Crippen MR) is 58.8 cm³/mol. The van der Waals surface area contributed by atoms with Gasteiger partial charge in [-0.3, -0.25) is 0 Å². The molecule has 1 aliphatic heterocycles. The Labute approximate surface area is 95.3 Å². The van der Waals surface area contributed by atoms with Crippen molar-refractivity contribution >= 4 is 25.3 Å². The molecule has 0 saturated carbocycles. The largest absolute Gasteiger partial charge is 0.450 e. The highest BCUT2D eigenvalue weighted by Gasteiger charge is 2.26. The molecule has 15 heavy (non-hydrogen) atoms. The van der Waals surface area contributed by atoms with Gasteiger partial charge in [-0.25, -0.2) is 4.79 Å². The maximum Gasteiger partial charge on any atom is 0.409 e. The molecule has 0 N–H and O–H groups in total. The highest BCUT2D eigenvalue weighted by Crippen LogP contribution is 2.14. The van der Waals surface area contributed by atoms with Crippen molar-refractivity contribution in [1.29, 1.82) is 0 Å². The van der Waals surface area contributed by atoms with Crippen LogP contribution in [0.1, 0.15) is 13.3 Å². The minimum absolute atomic E-state index is 0.00871. The molecule has 1 atom stereocenters. The number of nitrogens with zero attached hydrogens (tertiary/aromatic N) is 1. The molecule has 1 aliphatic rings. The fourth-order valence-electron chi connectivity index (χ4n) is 1.28. The summed E-state index contributed by atoms with van der Waals surface area (Å²) in [6.45, 7) is 3.32. The molecular formula is C9H17NO4S. The molecule has 0 aromatic carbocycles. The van der Waals surface area contributed by atoms with Gasteiger partial charge >= 0.3 is 6.09 Å². The molecule has 0 bridgehead atoms. The van der Waals surface area contributed by atoms with Gasteiger partial charge in [0.2, 0.25) is 0 Å². The maximum atomic E-state index is 11.1. The van der Waals surface area contributed by atoms with Gasteiger partial charge in [0.15, 0.2) is 0 Å². The summed E-state index contributed by atoms with van der Waals surface area (Å²) in [6, 6.07) is 0. The number of carbonyl (C=O) groups excluding carboxylic acids is 2. The Morgan fingerprint density at radius 2 is 2.27 bits per heavy atom. The second kappa shape index (κ2) is 8.55. The fourth-order valence-corrected chi connectivity index (χ4v) is 1.28. The van der Waals surface area contributed by atoms with Gasteiger partial charge in [-0.05, 0) is 26.3 Å². The lowest BCUT2D eigenvalue weighted by molar-refractivity contribution is -0.110. The molecule has 0 aliphatic carbocycles. The van der Waals surface area contributed by atoms with Crippen LogP contribution in [0.25, 0.3) is 0 Å². The molecule has 0 aromatic rings. The smallest absolute Gasteiger partial charge is 0.409 e. The summed E-state index contributed by atoms with van der Waals surface area (Å²) < 4.78 is 8.73. The number of amides is 1. The van der Waals surface area contributed by atoms with Crippen LogP contribution in [0.3, 0.4) is 0 Å². The van der Waals surface area contributed by atoms with Crippen LogP contribution in [-0.4, -0.2) is 44.1 Å². The Hall–Kier alpha value is -0.750. The van der Waals surface area contributed by atoms with E-state index in [4.69, 9.17) is 4.74 Å². The van der Waals surface area contributed by atoms with E-state index in [9.17, 15) is 9.59 Å². The highest BCUT2D eigenvalue weighted by molar-refractivity contribution is 7.75. The van der Waals surface area contributed by atoms with E-state index >= 15 is 0 Å². The monoisotopic (exact) mass is 235 g/mol. The normalized spacial score (nSPS) is 19.1. The second-order valence-corrected chi connectivity index (χ2v) is 3.38. The van der Waals surface area contributed by atoms with E-state index in [1.807, 2.05) is 0 Å². The molecular weight excluding hydrogens is 218 g/mol. The number of likely N-dealkylation sites (tertiary alicyclic amines) is 1. The van der Waals surface area contributed by atoms with Gasteiger partial charge in [-0.1, -0.05) is 0 Å². The zero-order valence-corrected chi connectivity index (χ0v) is 9.90. The molecule has 5 nitrogen and oxygen atoms in total. The third kappa shape index (κ3) is 5.64. The standard InChI is InChI=1S/C8H13NO3.CH4OS/c1-2-12-8(11)9-4-3-7(5-9)6-10;1-2-3/h6-7H,2-5H2,1H3;3H,1H3. The Morgan fingerprint density at radius 1 is 1.67 bits per heavy atom. The number of carbonyl (C=O) groups is 2. The first kappa shape index (κ1) is 14.2. The number of hydrogen-bond acceptors (Lipinski definition) is 5. The Kier molecular flexibility index (Phi) is 8.12. The van der Waals surface area contributed by atoms with E-state index in [1.54, 1.807) is 11.8 Å². The van der Waals surface area contributed by atoms with Gasteiger partial charge in [0.25, 0.3) is 0 Å². The first-order valence-electron chi connectivity index (χ1n) is 4.74. The van der Waals surface area contributed by atoms with Crippen molar-refractivity contribution in [3.8, 4) is 0 Å². The van der Waals surface area contributed by atoms with Crippen molar-refractivity contribution in [2.45, 2.75) is 13.3 Å². The van der Waals surface area contributed by atoms with Crippen LogP contribution < -0.4 is 0 Å². The number of rotatable bonds is 2. The van der Waals surface area contributed by atoms with E-state index < -0.39 is 0 Å². The number of aldehydes is 1. The van der Waals surface area contributed by atoms with Gasteiger partial charge in [0.05, 0.1) is 6.61 Å². The molecule has 1 heterocycles. The Bertz CT molecular complexity index is 201. The zero-order valence-electron chi connectivity index (χ0n) is 9.01. The first-order valence-corrected chi connectivity index (χ1v) is 5.10. The lowest BCUT2D eigenvalue weighted by Gasteiger charge is -2.14. The van der Waals surface area contributed by atoms with E-state index in [-0.39, 0.29) is 12.0 Å². The topological polar surface area (TPSA) is 55.8 Å². The van der Waals surface area contributed by atoms with Crippen LogP contribution in [-0.2, 0) is 13.7 Å². The average molecular weight is 235 g/mol. The van der Waals surface area contributed by atoms with Crippen molar-refractivity contribution < 1.29 is 18.5 Å². The van der Waals surface area contributed by atoms with Crippen LogP contribution in [0.15, 0.2) is 0 Å². The number of thiol groups is 1. The molecule has 1 fully saturated rings. The van der Waals surface area contributed by atoms with Crippen molar-refractivity contribution in [3.63, 3.8) is 0 Å². The lowest BCUT2D eigenvalue weighted by atomic mass is 10.1. The molecule has 6 heteroatoms. The van der Waals surface area contributed by atoms with E-state index in [2.05, 4.69) is 17.1 Å². The maximum absolute atomic E-state index is 11.1. The predicted octanol–water partition coefficient (Wildman–Crippen LogP) is 1.14. The van der Waals surface area contributed by atoms with Gasteiger partial charge in [0, 0.05) is 26.1 Å². The molecule has 1 unspecified atom stereocenters. The molecule has 1 saturated heterocycles. The minimum Gasteiger partial charge on any atom is -0.450 e. The summed E-state index contributed by atoms with van der Waals surface area (Å²) >= 11 is 3.29. The van der Waals surface area contributed by atoms with Gasteiger partial charge in [-0.2, -0.15) is 0 Å². The Morgan fingerprint density at radius 3 is 2.67 bits per heavy atom. The summed E-state index contributed by atoms with van der Waals surface area (Å²) in [5.41, 5.74) is 0. The van der Waals surface area contributed by atoms with Crippen LogP contribution >= 0.6 is 12.9 Å². The Balaban J connectivity index is 0.000000583. The van der Waals surface area contributed by atoms with Crippen LogP contribution in [0, 0.1) is 5.92 Å². The number of ether oxygens (including phenoxy) is 1. The third-order valence-corrected chi connectivity index (χ3v) is 1.94. The van der Waals surface area contributed by atoms with E-state index in [1.165, 1.54) is 7.11 Å². The van der Waals surface area contributed by atoms with E-state index in [0.29, 0.717) is 19.7 Å². The second-order valence-electron chi connectivity index (χ2n) is 3.01. The van der Waals surface area contributed by atoms with Crippen LogP contribution in [0.5, 0.6) is 0 Å². The first-order chi connectivity index (χ1) is 7.19. The average Bonchev–Trinajstić information content (AvgIpc) is 2.67. The molecule has 1 rings (SSSR count). The summed E-state index contributed by atoms with van der Waals surface area (Å²) in [5, 5.41) is 0. The third-order valence-electron chi connectivity index (χ3n) is 1.94. The van der Waals surface area contributed by atoms with E-state index in [0.717, 1.165) is 12.7 Å². The van der Waals surface area contributed by atoms with Crippen molar-refractivity contribution in [2.24, 2.45) is 5.92 Å². The molecule has 0 spiro atoms. The minimum atomic E-state index is -0.304. The fraction of sp³-hybridized carbons (Fsp3) is 0.778. The molecule has 88 valence electrons. The zero-order chi connectivity index (χ0) is 11.7. The van der Waals surface area contributed by atoms with Gasteiger partial charge < -0.3 is 18.6 Å². The lowest BCUT2D eigenvalue weighted by Crippen LogP contribution is -2.29. The van der Waals surface area contributed by atoms with Crippen LogP contribution in [0.2, 0.25) is 0 Å². The summed E-state index contributed by atoms with van der Waals surface area (Å²) in [5.74, 6) is 0.00871. The van der Waals surface area contributed by atoms with Gasteiger partial charge in [-0.15, -0.1) is 0 Å². The summed E-state index contributed by atoms with van der Waals surface area (Å²) in [4.78, 5) is 23.0. The van der Waals surface area contributed by atoms with Gasteiger partial charge in [0.1, 0.15) is 6.29 Å². The summed E-state index contributed by atoms with van der Waals surface area (Å²) in [7, 11) is 1.49. The molecule has 0 radical (unpaired) electrons. The van der Waals surface area contributed by atoms with Crippen molar-refractivity contribution in [1.82, 2.24) is 4.90 Å². The van der Waals surface area contributed by atoms with Crippen LogP contribution in [0.4, 0.5) is 4.79 Å². The number of hydrogen-bond donors (Lipinski definition) is 1. The highest BCUT2D eigenvalue weighted by atomic mass is 32.1. The van der Waals surface area contributed by atoms with Crippen molar-refractivity contribution in [3.05, 3.63) is 0 Å². The molecule has 1 amide bonds. The SMILES string of the molecule is CCOC(=O)N1CCC(C=O)C1.COS. The summed E-state index contributed by atoms with van der Waals surface area (Å²) in [6.07, 6.45) is 1.36.